The van der Waals surface area contributed by atoms with Gasteiger partial charge in [-0.1, -0.05) is 0 Å². The first-order valence-corrected chi connectivity index (χ1v) is 6.90. The topological polar surface area (TPSA) is 91.3 Å². The van der Waals surface area contributed by atoms with Gasteiger partial charge in [-0.2, -0.15) is 0 Å². The number of carbonyl (C=O) groups is 2. The van der Waals surface area contributed by atoms with Crippen LogP contribution in [-0.4, -0.2) is 43.5 Å². The first kappa shape index (κ1) is 17.8. The van der Waals surface area contributed by atoms with Gasteiger partial charge in [0.1, 0.15) is 11.5 Å². The van der Waals surface area contributed by atoms with Crippen molar-refractivity contribution in [2.24, 2.45) is 0 Å². The lowest BCUT2D eigenvalue weighted by Gasteiger charge is -2.11. The highest BCUT2D eigenvalue weighted by Gasteiger charge is 2.08. The molecule has 0 amide bonds. The van der Waals surface area contributed by atoms with Crippen LogP contribution in [0.3, 0.4) is 0 Å². The summed E-state index contributed by atoms with van der Waals surface area (Å²) in [7, 11) is 0. The molecule has 1 rings (SSSR count). The fourth-order valence-corrected chi connectivity index (χ4v) is 1.58. The first-order chi connectivity index (χ1) is 10.6. The summed E-state index contributed by atoms with van der Waals surface area (Å²) in [5.41, 5.74) is 0.528. The minimum Gasteiger partial charge on any atom is -0.482 e. The standard InChI is InChI=1S/C15H20O7/c1-3-19-14(17)9-21-12-5-11(8-16)6-13(7-12)22-10-15(18)20-4-2/h5-7,16H,3-4,8-10H2,1-2H3. The summed E-state index contributed by atoms with van der Waals surface area (Å²) in [6, 6.07) is 4.64. The van der Waals surface area contributed by atoms with Crippen LogP contribution in [0.2, 0.25) is 0 Å². The number of aliphatic hydroxyl groups excluding tert-OH is 1. The van der Waals surface area contributed by atoms with Crippen molar-refractivity contribution < 1.29 is 33.6 Å². The number of benzene rings is 1. The van der Waals surface area contributed by atoms with Gasteiger partial charge in [-0.05, 0) is 31.5 Å². The van der Waals surface area contributed by atoms with Crippen LogP contribution in [-0.2, 0) is 25.7 Å². The molecule has 22 heavy (non-hydrogen) atoms. The molecule has 0 aliphatic heterocycles. The van der Waals surface area contributed by atoms with E-state index < -0.39 is 11.9 Å². The van der Waals surface area contributed by atoms with Crippen molar-refractivity contribution in [3.05, 3.63) is 23.8 Å². The van der Waals surface area contributed by atoms with Gasteiger partial charge in [0, 0.05) is 6.07 Å². The molecular formula is C15H20O7. The van der Waals surface area contributed by atoms with Crippen LogP contribution in [0, 0.1) is 0 Å². The normalized spacial score (nSPS) is 9.95. The Kier molecular flexibility index (Phi) is 7.77. The summed E-state index contributed by atoms with van der Waals surface area (Å²) in [6.07, 6.45) is 0. The molecule has 0 bridgehead atoms. The third-order valence-electron chi connectivity index (χ3n) is 2.45. The third-order valence-corrected chi connectivity index (χ3v) is 2.45. The van der Waals surface area contributed by atoms with E-state index in [9.17, 15) is 14.7 Å². The summed E-state index contributed by atoms with van der Waals surface area (Å²) >= 11 is 0. The van der Waals surface area contributed by atoms with Gasteiger partial charge in [-0.3, -0.25) is 0 Å². The highest BCUT2D eigenvalue weighted by molar-refractivity contribution is 5.71. The zero-order chi connectivity index (χ0) is 16.4. The van der Waals surface area contributed by atoms with Crippen LogP contribution in [0.4, 0.5) is 0 Å². The fourth-order valence-electron chi connectivity index (χ4n) is 1.58. The van der Waals surface area contributed by atoms with E-state index in [1.54, 1.807) is 26.0 Å². The number of hydrogen-bond acceptors (Lipinski definition) is 7. The molecule has 1 aromatic rings. The highest BCUT2D eigenvalue weighted by atomic mass is 16.6. The van der Waals surface area contributed by atoms with Crippen molar-refractivity contribution in [3.8, 4) is 11.5 Å². The number of aliphatic hydroxyl groups is 1. The van der Waals surface area contributed by atoms with E-state index in [1.807, 2.05) is 0 Å². The SMILES string of the molecule is CCOC(=O)COc1cc(CO)cc(OCC(=O)OCC)c1. The summed E-state index contributed by atoms with van der Waals surface area (Å²) in [5.74, 6) is -0.325. The third kappa shape index (κ3) is 6.45. The van der Waals surface area contributed by atoms with E-state index in [1.165, 1.54) is 6.07 Å². The Bertz CT molecular complexity index is 458. The molecule has 1 N–H and O–H groups in total. The quantitative estimate of drug-likeness (QED) is 0.682. The van der Waals surface area contributed by atoms with Gasteiger partial charge < -0.3 is 24.1 Å². The fraction of sp³-hybridized carbons (Fsp3) is 0.467. The van der Waals surface area contributed by atoms with E-state index in [-0.39, 0.29) is 33.0 Å². The van der Waals surface area contributed by atoms with Crippen LogP contribution in [0.5, 0.6) is 11.5 Å². The second kappa shape index (κ2) is 9.62. The molecule has 1 aromatic carbocycles. The number of carbonyl (C=O) groups excluding carboxylic acids is 2. The van der Waals surface area contributed by atoms with Crippen LogP contribution >= 0.6 is 0 Å². The molecule has 0 aliphatic rings. The van der Waals surface area contributed by atoms with Gasteiger partial charge in [0.05, 0.1) is 19.8 Å². The summed E-state index contributed by atoms with van der Waals surface area (Å²) in [5, 5.41) is 9.22. The maximum absolute atomic E-state index is 11.3. The van der Waals surface area contributed by atoms with Crippen molar-refractivity contribution in [3.63, 3.8) is 0 Å². The van der Waals surface area contributed by atoms with E-state index in [2.05, 4.69) is 0 Å². The minimum atomic E-state index is -0.495. The van der Waals surface area contributed by atoms with Gasteiger partial charge in [0.2, 0.25) is 0 Å². The van der Waals surface area contributed by atoms with Crippen molar-refractivity contribution in [2.45, 2.75) is 20.5 Å². The van der Waals surface area contributed by atoms with Gasteiger partial charge in [-0.15, -0.1) is 0 Å². The summed E-state index contributed by atoms with van der Waals surface area (Å²) in [6.45, 7) is 3.21. The number of ether oxygens (including phenoxy) is 4. The maximum atomic E-state index is 11.3. The van der Waals surface area contributed by atoms with E-state index >= 15 is 0 Å². The molecule has 0 aliphatic carbocycles. The average Bonchev–Trinajstić information content (AvgIpc) is 2.51. The molecule has 0 unspecified atom stereocenters. The second-order valence-corrected chi connectivity index (χ2v) is 4.16. The predicted molar refractivity (Wildman–Crippen MR) is 76.6 cm³/mol. The first-order valence-electron chi connectivity index (χ1n) is 6.90. The van der Waals surface area contributed by atoms with Crippen molar-refractivity contribution in [1.29, 1.82) is 0 Å². The molecule has 0 heterocycles. The Labute approximate surface area is 128 Å². The smallest absolute Gasteiger partial charge is 0.344 e. The molecule has 0 atom stereocenters. The highest BCUT2D eigenvalue weighted by Crippen LogP contribution is 2.23. The van der Waals surface area contributed by atoms with Crippen LogP contribution in [0.15, 0.2) is 18.2 Å². The zero-order valence-electron chi connectivity index (χ0n) is 12.7. The Morgan fingerprint density at radius 2 is 1.36 bits per heavy atom. The monoisotopic (exact) mass is 312 g/mol. The maximum Gasteiger partial charge on any atom is 0.344 e. The zero-order valence-corrected chi connectivity index (χ0v) is 12.7. The molecule has 0 fully saturated rings. The van der Waals surface area contributed by atoms with Crippen LogP contribution < -0.4 is 9.47 Å². The molecule has 7 heteroatoms. The average molecular weight is 312 g/mol. The number of esters is 2. The molecule has 7 nitrogen and oxygen atoms in total. The molecule has 0 radical (unpaired) electrons. The van der Waals surface area contributed by atoms with Crippen LogP contribution in [0.25, 0.3) is 0 Å². The van der Waals surface area contributed by atoms with Crippen LogP contribution in [0.1, 0.15) is 19.4 Å². The van der Waals surface area contributed by atoms with Crippen molar-refractivity contribution in [1.82, 2.24) is 0 Å². The van der Waals surface area contributed by atoms with E-state index in [0.717, 1.165) is 0 Å². The molecule has 0 saturated carbocycles. The van der Waals surface area contributed by atoms with Gasteiger partial charge in [0.25, 0.3) is 0 Å². The van der Waals surface area contributed by atoms with E-state index in [0.29, 0.717) is 17.1 Å². The van der Waals surface area contributed by atoms with Crippen molar-refractivity contribution >= 4 is 11.9 Å². The molecule has 0 saturated heterocycles. The molecule has 0 aromatic heterocycles. The number of hydrogen-bond donors (Lipinski definition) is 1. The summed E-state index contributed by atoms with van der Waals surface area (Å²) in [4.78, 5) is 22.5. The summed E-state index contributed by atoms with van der Waals surface area (Å²) < 4.78 is 20.1. The Hall–Kier alpha value is -2.28. The molecule has 122 valence electrons. The lowest BCUT2D eigenvalue weighted by Crippen LogP contribution is -2.16. The predicted octanol–water partition coefficient (Wildman–Crippen LogP) is 1.06. The molecule has 0 spiro atoms. The lowest BCUT2D eigenvalue weighted by atomic mass is 10.2. The van der Waals surface area contributed by atoms with Gasteiger partial charge in [-0.25, -0.2) is 9.59 Å². The molecular weight excluding hydrogens is 292 g/mol. The minimum absolute atomic E-state index is 0.230. The van der Waals surface area contributed by atoms with Gasteiger partial charge >= 0.3 is 11.9 Å². The second-order valence-electron chi connectivity index (χ2n) is 4.16. The lowest BCUT2D eigenvalue weighted by molar-refractivity contribution is -0.146. The van der Waals surface area contributed by atoms with E-state index in [4.69, 9.17) is 18.9 Å². The number of rotatable bonds is 9. The largest absolute Gasteiger partial charge is 0.482 e. The van der Waals surface area contributed by atoms with Gasteiger partial charge in [0.15, 0.2) is 13.2 Å². The Morgan fingerprint density at radius 3 is 1.73 bits per heavy atom. The van der Waals surface area contributed by atoms with Crippen molar-refractivity contribution in [2.75, 3.05) is 26.4 Å². The Morgan fingerprint density at radius 1 is 0.909 bits per heavy atom. The Balaban J connectivity index is 2.67.